The van der Waals surface area contributed by atoms with E-state index in [4.69, 9.17) is 0 Å². The summed E-state index contributed by atoms with van der Waals surface area (Å²) in [6.07, 6.45) is 1.95. The highest BCUT2D eigenvalue weighted by Gasteiger charge is 2.15. The molecule has 0 saturated heterocycles. The molecular formula is C18H21BrFN. The average molecular weight is 350 g/mol. The predicted octanol–water partition coefficient (Wildman–Crippen LogP) is 5.18. The summed E-state index contributed by atoms with van der Waals surface area (Å²) < 4.78 is 14.2. The summed E-state index contributed by atoms with van der Waals surface area (Å²) in [5.74, 6) is -0.185. The monoisotopic (exact) mass is 349 g/mol. The highest BCUT2D eigenvalue weighted by molar-refractivity contribution is 9.10. The van der Waals surface area contributed by atoms with Crippen LogP contribution in [0.1, 0.15) is 36.1 Å². The summed E-state index contributed by atoms with van der Waals surface area (Å²) in [5, 5.41) is 3.60. The molecule has 0 aliphatic rings. The van der Waals surface area contributed by atoms with Crippen molar-refractivity contribution in [2.45, 2.75) is 32.7 Å². The van der Waals surface area contributed by atoms with Crippen molar-refractivity contribution in [1.82, 2.24) is 5.32 Å². The second-order valence-corrected chi connectivity index (χ2v) is 6.15. The third-order valence-electron chi connectivity index (χ3n) is 3.68. The third-order valence-corrected chi connectivity index (χ3v) is 4.54. The maximum absolute atomic E-state index is 13.0. The van der Waals surface area contributed by atoms with Crippen LogP contribution in [0.15, 0.2) is 46.9 Å². The van der Waals surface area contributed by atoms with Crippen LogP contribution in [0.2, 0.25) is 0 Å². The van der Waals surface area contributed by atoms with Crippen molar-refractivity contribution in [1.29, 1.82) is 0 Å². The van der Waals surface area contributed by atoms with Gasteiger partial charge in [0.05, 0.1) is 0 Å². The topological polar surface area (TPSA) is 12.0 Å². The van der Waals surface area contributed by atoms with E-state index in [2.05, 4.69) is 53.3 Å². The Morgan fingerprint density at radius 1 is 1.14 bits per heavy atom. The normalized spacial score (nSPS) is 12.4. The first-order chi connectivity index (χ1) is 10.1. The Hall–Kier alpha value is -1.19. The average Bonchev–Trinajstić information content (AvgIpc) is 2.48. The van der Waals surface area contributed by atoms with Crippen LogP contribution < -0.4 is 5.32 Å². The zero-order chi connectivity index (χ0) is 15.2. The van der Waals surface area contributed by atoms with Crippen molar-refractivity contribution in [3.63, 3.8) is 0 Å². The Morgan fingerprint density at radius 3 is 2.52 bits per heavy atom. The zero-order valence-electron chi connectivity index (χ0n) is 12.5. The van der Waals surface area contributed by atoms with E-state index in [1.807, 2.05) is 12.1 Å². The predicted molar refractivity (Wildman–Crippen MR) is 90.0 cm³/mol. The van der Waals surface area contributed by atoms with E-state index in [1.54, 1.807) is 0 Å². The van der Waals surface area contributed by atoms with Gasteiger partial charge in [-0.15, -0.1) is 0 Å². The number of hydrogen-bond acceptors (Lipinski definition) is 1. The van der Waals surface area contributed by atoms with E-state index in [0.717, 1.165) is 29.4 Å². The molecule has 0 saturated carbocycles. The lowest BCUT2D eigenvalue weighted by molar-refractivity contribution is 0.526. The van der Waals surface area contributed by atoms with Crippen LogP contribution >= 0.6 is 15.9 Å². The summed E-state index contributed by atoms with van der Waals surface area (Å²) in [4.78, 5) is 0. The highest BCUT2D eigenvalue weighted by atomic mass is 79.9. The molecule has 0 bridgehead atoms. The molecule has 2 aromatic carbocycles. The van der Waals surface area contributed by atoms with Crippen molar-refractivity contribution in [3.8, 4) is 0 Å². The van der Waals surface area contributed by atoms with Crippen molar-refractivity contribution < 1.29 is 4.39 Å². The van der Waals surface area contributed by atoms with Gasteiger partial charge in [0.15, 0.2) is 0 Å². The molecule has 0 fully saturated rings. The maximum Gasteiger partial charge on any atom is 0.123 e. The smallest absolute Gasteiger partial charge is 0.123 e. The number of halogens is 2. The Morgan fingerprint density at radius 2 is 1.86 bits per heavy atom. The molecule has 0 aliphatic carbocycles. The Kier molecular flexibility index (Phi) is 5.95. The molecule has 2 aromatic rings. The molecule has 0 aromatic heterocycles. The number of rotatable bonds is 6. The number of benzene rings is 2. The lowest BCUT2D eigenvalue weighted by Gasteiger charge is -2.22. The Labute approximate surface area is 134 Å². The quantitative estimate of drug-likeness (QED) is 0.757. The van der Waals surface area contributed by atoms with Gasteiger partial charge in [0, 0.05) is 10.5 Å². The van der Waals surface area contributed by atoms with Crippen LogP contribution in [-0.2, 0) is 6.42 Å². The first-order valence-electron chi connectivity index (χ1n) is 7.34. The minimum absolute atomic E-state index is 0.185. The summed E-state index contributed by atoms with van der Waals surface area (Å²) in [7, 11) is 0. The van der Waals surface area contributed by atoms with Crippen LogP contribution in [0.5, 0.6) is 0 Å². The molecule has 2 rings (SSSR count). The fourth-order valence-corrected chi connectivity index (χ4v) is 2.85. The van der Waals surface area contributed by atoms with Gasteiger partial charge < -0.3 is 5.32 Å². The zero-order valence-corrected chi connectivity index (χ0v) is 14.1. The van der Waals surface area contributed by atoms with Gasteiger partial charge in [-0.3, -0.25) is 0 Å². The fraction of sp³-hybridized carbons (Fsp3) is 0.333. The van der Waals surface area contributed by atoms with Gasteiger partial charge in [0.25, 0.3) is 0 Å². The standard InChI is InChI=1S/C18H21BrFN/c1-3-11-21-18(12-14-7-9-15(20)10-8-14)16-5-4-6-17(19)13(16)2/h4-10,18,21H,3,11-12H2,1-2H3. The van der Waals surface area contributed by atoms with Gasteiger partial charge in [0.2, 0.25) is 0 Å². The first kappa shape index (κ1) is 16.2. The molecule has 112 valence electrons. The SMILES string of the molecule is CCCNC(Cc1ccc(F)cc1)c1cccc(Br)c1C. The maximum atomic E-state index is 13.0. The fourth-order valence-electron chi connectivity index (χ4n) is 2.47. The van der Waals surface area contributed by atoms with E-state index in [9.17, 15) is 4.39 Å². The summed E-state index contributed by atoms with van der Waals surface area (Å²) in [6, 6.07) is 13.3. The van der Waals surface area contributed by atoms with Crippen molar-refractivity contribution in [2.75, 3.05) is 6.54 Å². The molecular weight excluding hydrogens is 329 g/mol. The number of hydrogen-bond donors (Lipinski definition) is 1. The highest BCUT2D eigenvalue weighted by Crippen LogP contribution is 2.27. The van der Waals surface area contributed by atoms with Gasteiger partial charge >= 0.3 is 0 Å². The van der Waals surface area contributed by atoms with Crippen molar-refractivity contribution >= 4 is 15.9 Å². The Balaban J connectivity index is 2.25. The minimum Gasteiger partial charge on any atom is -0.310 e. The second kappa shape index (κ2) is 7.71. The largest absolute Gasteiger partial charge is 0.310 e. The summed E-state index contributed by atoms with van der Waals surface area (Å²) in [5.41, 5.74) is 3.69. The molecule has 0 heterocycles. The van der Waals surface area contributed by atoms with Gasteiger partial charge in [-0.1, -0.05) is 47.1 Å². The second-order valence-electron chi connectivity index (χ2n) is 5.29. The van der Waals surface area contributed by atoms with Crippen LogP contribution in [-0.4, -0.2) is 6.54 Å². The Bertz CT molecular complexity index is 580. The molecule has 21 heavy (non-hydrogen) atoms. The molecule has 1 N–H and O–H groups in total. The first-order valence-corrected chi connectivity index (χ1v) is 8.14. The third kappa shape index (κ3) is 4.39. The van der Waals surface area contributed by atoms with E-state index < -0.39 is 0 Å². The minimum atomic E-state index is -0.185. The number of nitrogens with one attached hydrogen (secondary N) is 1. The van der Waals surface area contributed by atoms with Crippen LogP contribution in [0.3, 0.4) is 0 Å². The summed E-state index contributed by atoms with van der Waals surface area (Å²) in [6.45, 7) is 5.26. The van der Waals surface area contributed by atoms with Gasteiger partial charge in [-0.2, -0.15) is 0 Å². The molecule has 1 unspecified atom stereocenters. The van der Waals surface area contributed by atoms with Crippen LogP contribution in [0, 0.1) is 12.7 Å². The van der Waals surface area contributed by atoms with E-state index in [-0.39, 0.29) is 11.9 Å². The summed E-state index contributed by atoms with van der Waals surface area (Å²) >= 11 is 3.60. The molecule has 0 spiro atoms. The van der Waals surface area contributed by atoms with E-state index in [0.29, 0.717) is 0 Å². The van der Waals surface area contributed by atoms with Gasteiger partial charge in [-0.05, 0) is 61.2 Å². The van der Waals surface area contributed by atoms with Gasteiger partial charge in [-0.25, -0.2) is 4.39 Å². The molecule has 0 aliphatic heterocycles. The molecule has 1 atom stereocenters. The molecule has 1 nitrogen and oxygen atoms in total. The van der Waals surface area contributed by atoms with Crippen molar-refractivity contribution in [3.05, 3.63) is 69.4 Å². The van der Waals surface area contributed by atoms with Crippen molar-refractivity contribution in [2.24, 2.45) is 0 Å². The molecule has 0 radical (unpaired) electrons. The molecule has 3 heteroatoms. The van der Waals surface area contributed by atoms with Gasteiger partial charge in [0.1, 0.15) is 5.82 Å². The molecule has 0 amide bonds. The van der Waals surface area contributed by atoms with Crippen LogP contribution in [0.25, 0.3) is 0 Å². The lowest BCUT2D eigenvalue weighted by Crippen LogP contribution is -2.25. The van der Waals surface area contributed by atoms with E-state index in [1.165, 1.54) is 23.3 Å². The van der Waals surface area contributed by atoms with Crippen LogP contribution in [0.4, 0.5) is 4.39 Å². The van der Waals surface area contributed by atoms with E-state index >= 15 is 0 Å². The lowest BCUT2D eigenvalue weighted by atomic mass is 9.95.